The van der Waals surface area contributed by atoms with E-state index in [1.54, 1.807) is 12.1 Å². The fourth-order valence-corrected chi connectivity index (χ4v) is 2.86. The van der Waals surface area contributed by atoms with Crippen LogP contribution in [-0.2, 0) is 4.74 Å². The molecule has 0 bridgehead atoms. The summed E-state index contributed by atoms with van der Waals surface area (Å²) in [5, 5.41) is 0. The van der Waals surface area contributed by atoms with Crippen molar-refractivity contribution in [1.82, 2.24) is 0 Å². The smallest absolute Gasteiger partial charge is 0.125 e. The van der Waals surface area contributed by atoms with Gasteiger partial charge < -0.3 is 15.4 Å². The lowest BCUT2D eigenvalue weighted by atomic mass is 10.0. The van der Waals surface area contributed by atoms with Crippen molar-refractivity contribution in [2.24, 2.45) is 5.73 Å². The van der Waals surface area contributed by atoms with Crippen LogP contribution >= 0.6 is 0 Å². The van der Waals surface area contributed by atoms with Crippen LogP contribution in [0.25, 0.3) is 0 Å². The first-order valence-electron chi connectivity index (χ1n) is 7.03. The van der Waals surface area contributed by atoms with Crippen LogP contribution in [0, 0.1) is 5.82 Å². The maximum absolute atomic E-state index is 13.4. The highest BCUT2D eigenvalue weighted by molar-refractivity contribution is 5.48. The predicted octanol–water partition coefficient (Wildman–Crippen LogP) is 2.55. The van der Waals surface area contributed by atoms with Gasteiger partial charge in [-0.2, -0.15) is 0 Å². The van der Waals surface area contributed by atoms with E-state index in [4.69, 9.17) is 10.5 Å². The van der Waals surface area contributed by atoms with Crippen molar-refractivity contribution in [2.75, 3.05) is 18.0 Å². The normalized spacial score (nSPS) is 24.4. The summed E-state index contributed by atoms with van der Waals surface area (Å²) in [6.45, 7) is 5.46. The summed E-state index contributed by atoms with van der Waals surface area (Å²) in [5.41, 5.74) is 6.81. The second-order valence-corrected chi connectivity index (χ2v) is 5.13. The lowest BCUT2D eigenvalue weighted by Crippen LogP contribution is -2.48. The fourth-order valence-electron chi connectivity index (χ4n) is 2.86. The van der Waals surface area contributed by atoms with Crippen molar-refractivity contribution in [2.45, 2.75) is 44.9 Å². The number of benzene rings is 1. The molecule has 0 saturated carbocycles. The maximum atomic E-state index is 13.4. The molecule has 0 spiro atoms. The molecule has 2 N–H and O–H groups in total. The van der Waals surface area contributed by atoms with Crippen molar-refractivity contribution < 1.29 is 9.13 Å². The summed E-state index contributed by atoms with van der Waals surface area (Å²) in [6, 6.07) is 6.79. The molecule has 3 nitrogen and oxygen atoms in total. The standard InChI is InChI=1S/C15H23FN2O/c1-3-18(13-6-4-5-12(16)9-13)14(10-17)15-8-7-11(2)19-15/h4-6,9,11,14-15H,3,7-8,10,17H2,1-2H3. The largest absolute Gasteiger partial charge is 0.373 e. The van der Waals surface area contributed by atoms with Crippen LogP contribution in [0.3, 0.4) is 0 Å². The van der Waals surface area contributed by atoms with Crippen LogP contribution in [0.5, 0.6) is 0 Å². The molecule has 0 radical (unpaired) electrons. The molecule has 1 heterocycles. The third-order valence-corrected chi connectivity index (χ3v) is 3.82. The first-order chi connectivity index (χ1) is 9.15. The van der Waals surface area contributed by atoms with Gasteiger partial charge in [0.1, 0.15) is 5.82 Å². The van der Waals surface area contributed by atoms with Crippen LogP contribution in [0.2, 0.25) is 0 Å². The summed E-state index contributed by atoms with van der Waals surface area (Å²) in [4.78, 5) is 2.14. The number of nitrogens with zero attached hydrogens (tertiary/aromatic N) is 1. The molecule has 1 aliphatic heterocycles. The Kier molecular flexibility index (Phi) is 4.77. The predicted molar refractivity (Wildman–Crippen MR) is 75.8 cm³/mol. The van der Waals surface area contributed by atoms with Gasteiger partial charge in [-0.15, -0.1) is 0 Å². The topological polar surface area (TPSA) is 38.5 Å². The van der Waals surface area contributed by atoms with Gasteiger partial charge in [0.25, 0.3) is 0 Å². The number of anilines is 1. The number of ether oxygens (including phenoxy) is 1. The molecule has 0 amide bonds. The lowest BCUT2D eigenvalue weighted by Gasteiger charge is -2.35. The Morgan fingerprint density at radius 2 is 2.26 bits per heavy atom. The zero-order valence-electron chi connectivity index (χ0n) is 11.7. The Labute approximate surface area is 114 Å². The van der Waals surface area contributed by atoms with Gasteiger partial charge in [0.15, 0.2) is 0 Å². The van der Waals surface area contributed by atoms with Crippen molar-refractivity contribution >= 4 is 5.69 Å². The molecule has 0 aliphatic carbocycles. The number of likely N-dealkylation sites (N-methyl/N-ethyl adjacent to an activating group) is 1. The summed E-state index contributed by atoms with van der Waals surface area (Å²) < 4.78 is 19.3. The van der Waals surface area contributed by atoms with Gasteiger partial charge in [-0.3, -0.25) is 0 Å². The molecule has 19 heavy (non-hydrogen) atoms. The van der Waals surface area contributed by atoms with Gasteiger partial charge in [-0.1, -0.05) is 6.07 Å². The van der Waals surface area contributed by atoms with E-state index in [1.807, 2.05) is 6.07 Å². The first-order valence-corrected chi connectivity index (χ1v) is 7.03. The van der Waals surface area contributed by atoms with Crippen molar-refractivity contribution in [3.8, 4) is 0 Å². The minimum atomic E-state index is -0.215. The molecule has 2 rings (SSSR count). The third kappa shape index (κ3) is 3.25. The second kappa shape index (κ2) is 6.35. The molecule has 3 atom stereocenters. The van der Waals surface area contributed by atoms with Crippen molar-refractivity contribution in [3.63, 3.8) is 0 Å². The van der Waals surface area contributed by atoms with E-state index in [-0.39, 0.29) is 18.0 Å². The molecule has 1 saturated heterocycles. The van der Waals surface area contributed by atoms with Crippen LogP contribution in [-0.4, -0.2) is 31.3 Å². The Morgan fingerprint density at radius 3 is 2.79 bits per heavy atom. The van der Waals surface area contributed by atoms with Gasteiger partial charge in [0, 0.05) is 18.8 Å². The Bertz CT molecular complexity index is 413. The lowest BCUT2D eigenvalue weighted by molar-refractivity contribution is 0.0403. The van der Waals surface area contributed by atoms with Gasteiger partial charge in [-0.05, 0) is 44.9 Å². The SMILES string of the molecule is CCN(c1cccc(F)c1)C(CN)C1CCC(C)O1. The molecule has 106 valence electrons. The van der Waals surface area contributed by atoms with Crippen molar-refractivity contribution in [3.05, 3.63) is 30.1 Å². The van der Waals surface area contributed by atoms with E-state index in [0.717, 1.165) is 25.1 Å². The average Bonchev–Trinajstić information content (AvgIpc) is 2.82. The van der Waals surface area contributed by atoms with Crippen LogP contribution in [0.4, 0.5) is 10.1 Å². The first kappa shape index (κ1) is 14.3. The van der Waals surface area contributed by atoms with Gasteiger partial charge in [-0.25, -0.2) is 4.39 Å². The third-order valence-electron chi connectivity index (χ3n) is 3.82. The van der Waals surface area contributed by atoms with E-state index >= 15 is 0 Å². The molecule has 1 fully saturated rings. The molecular formula is C15H23FN2O. The molecule has 1 aromatic rings. The highest BCUT2D eigenvalue weighted by Crippen LogP contribution is 2.27. The van der Waals surface area contributed by atoms with Crippen LogP contribution in [0.1, 0.15) is 26.7 Å². The Balaban J connectivity index is 2.19. The maximum Gasteiger partial charge on any atom is 0.125 e. The molecule has 1 aromatic carbocycles. The summed E-state index contributed by atoms with van der Waals surface area (Å²) in [6.07, 6.45) is 2.53. The zero-order valence-corrected chi connectivity index (χ0v) is 11.7. The molecular weight excluding hydrogens is 243 g/mol. The van der Waals surface area contributed by atoms with E-state index in [2.05, 4.69) is 18.7 Å². The minimum absolute atomic E-state index is 0.108. The fraction of sp³-hybridized carbons (Fsp3) is 0.600. The summed E-state index contributed by atoms with van der Waals surface area (Å²) >= 11 is 0. The van der Waals surface area contributed by atoms with Crippen LogP contribution in [0.15, 0.2) is 24.3 Å². The summed E-state index contributed by atoms with van der Waals surface area (Å²) in [7, 11) is 0. The number of halogens is 1. The molecule has 3 unspecified atom stereocenters. The number of rotatable bonds is 5. The number of hydrogen-bond donors (Lipinski definition) is 1. The molecule has 1 aliphatic rings. The monoisotopic (exact) mass is 266 g/mol. The van der Waals surface area contributed by atoms with Gasteiger partial charge >= 0.3 is 0 Å². The Hall–Kier alpha value is -1.13. The quantitative estimate of drug-likeness (QED) is 0.890. The highest BCUT2D eigenvalue weighted by Gasteiger charge is 2.32. The van der Waals surface area contributed by atoms with E-state index in [0.29, 0.717) is 12.6 Å². The summed E-state index contributed by atoms with van der Waals surface area (Å²) in [5.74, 6) is -0.215. The van der Waals surface area contributed by atoms with E-state index in [1.165, 1.54) is 6.07 Å². The van der Waals surface area contributed by atoms with Gasteiger partial charge in [0.05, 0.1) is 18.2 Å². The van der Waals surface area contributed by atoms with E-state index < -0.39 is 0 Å². The number of hydrogen-bond acceptors (Lipinski definition) is 3. The number of nitrogens with two attached hydrogens (primary N) is 1. The second-order valence-electron chi connectivity index (χ2n) is 5.13. The van der Waals surface area contributed by atoms with Crippen molar-refractivity contribution in [1.29, 1.82) is 0 Å². The average molecular weight is 266 g/mol. The highest BCUT2D eigenvalue weighted by atomic mass is 19.1. The Morgan fingerprint density at radius 1 is 1.47 bits per heavy atom. The molecule has 0 aromatic heterocycles. The molecule has 4 heteroatoms. The van der Waals surface area contributed by atoms with Gasteiger partial charge in [0.2, 0.25) is 0 Å². The van der Waals surface area contributed by atoms with E-state index in [9.17, 15) is 4.39 Å². The minimum Gasteiger partial charge on any atom is -0.373 e. The van der Waals surface area contributed by atoms with Crippen LogP contribution < -0.4 is 10.6 Å². The zero-order chi connectivity index (χ0) is 13.8.